The van der Waals surface area contributed by atoms with Crippen molar-refractivity contribution in [1.82, 2.24) is 9.88 Å². The van der Waals surface area contributed by atoms with E-state index in [4.69, 9.17) is 4.74 Å². The minimum atomic E-state index is -0.369. The molecule has 0 fully saturated rings. The van der Waals surface area contributed by atoms with Crippen molar-refractivity contribution in [2.45, 2.75) is 26.2 Å². The van der Waals surface area contributed by atoms with Crippen molar-refractivity contribution in [3.63, 3.8) is 0 Å². The molecule has 1 heterocycles. The number of ether oxygens (including phenoxy) is 1. The van der Waals surface area contributed by atoms with Gasteiger partial charge in [-0.1, -0.05) is 19.1 Å². The molecule has 0 aliphatic heterocycles. The number of hydrogen-bond acceptors (Lipinski definition) is 5. The molecule has 3 rings (SSSR count). The smallest absolute Gasteiger partial charge is 0.226 e. The monoisotopic (exact) mass is 478 g/mol. The van der Waals surface area contributed by atoms with Crippen molar-refractivity contribution in [1.29, 1.82) is 0 Å². The Kier molecular flexibility index (Phi) is 9.20. The second-order valence-corrected chi connectivity index (χ2v) is 8.90. The van der Waals surface area contributed by atoms with Crippen LogP contribution < -0.4 is 15.0 Å². The van der Waals surface area contributed by atoms with Crippen LogP contribution in [0.1, 0.15) is 31.7 Å². The summed E-state index contributed by atoms with van der Waals surface area (Å²) in [4.78, 5) is 21.5. The van der Waals surface area contributed by atoms with Crippen LogP contribution in [0.2, 0.25) is 0 Å². The van der Waals surface area contributed by atoms with Crippen LogP contribution in [-0.4, -0.2) is 56.6 Å². The third-order valence-corrected chi connectivity index (χ3v) is 6.02. The molecule has 6 nitrogen and oxygen atoms in total. The number of halogens is 1. The summed E-state index contributed by atoms with van der Waals surface area (Å²) in [5, 5.41) is 2.89. The minimum Gasteiger partial charge on any atom is -0.496 e. The summed E-state index contributed by atoms with van der Waals surface area (Å²) < 4.78 is 18.9. The molecule has 186 valence electrons. The molecule has 0 saturated carbocycles. The van der Waals surface area contributed by atoms with E-state index in [2.05, 4.69) is 65.4 Å². The van der Waals surface area contributed by atoms with Gasteiger partial charge in [-0.2, -0.15) is 0 Å². The highest BCUT2D eigenvalue weighted by molar-refractivity contribution is 5.91. The fourth-order valence-corrected chi connectivity index (χ4v) is 3.96. The number of methoxy groups -OCH3 is 1. The largest absolute Gasteiger partial charge is 0.496 e. The Morgan fingerprint density at radius 1 is 1.09 bits per heavy atom. The van der Waals surface area contributed by atoms with Crippen molar-refractivity contribution in [2.75, 3.05) is 51.1 Å². The summed E-state index contributed by atoms with van der Waals surface area (Å²) in [5.74, 6) is 0.445. The Bertz CT molecular complexity index is 1120. The molecule has 3 aromatic rings. The summed E-state index contributed by atoms with van der Waals surface area (Å²) in [6.07, 6.45) is 1.95. The van der Waals surface area contributed by atoms with Crippen LogP contribution in [0.5, 0.6) is 5.75 Å². The lowest BCUT2D eigenvalue weighted by atomic mass is 9.97. The van der Waals surface area contributed by atoms with E-state index in [-0.39, 0.29) is 17.6 Å². The zero-order chi connectivity index (χ0) is 25.4. The number of carbonyl (C=O) groups excluding carboxylic acids is 1. The molecule has 7 heteroatoms. The molecule has 0 spiro atoms. The molecule has 1 atom stereocenters. The predicted octanol–water partition coefficient (Wildman–Crippen LogP) is 5.42. The Balaban J connectivity index is 1.63. The average Bonchev–Trinajstić information content (AvgIpc) is 2.84. The quantitative estimate of drug-likeness (QED) is 0.399. The number of benzene rings is 2. The lowest BCUT2D eigenvalue weighted by Gasteiger charge is -2.25. The van der Waals surface area contributed by atoms with E-state index < -0.39 is 0 Å². The van der Waals surface area contributed by atoms with Gasteiger partial charge in [0.2, 0.25) is 5.91 Å². The van der Waals surface area contributed by atoms with Gasteiger partial charge in [0.05, 0.1) is 7.11 Å². The Morgan fingerprint density at radius 3 is 2.49 bits per heavy atom. The first-order valence-electron chi connectivity index (χ1n) is 11.9. The van der Waals surface area contributed by atoms with E-state index in [1.807, 2.05) is 6.92 Å². The van der Waals surface area contributed by atoms with E-state index in [0.29, 0.717) is 18.0 Å². The topological polar surface area (TPSA) is 57.7 Å². The average molecular weight is 479 g/mol. The fourth-order valence-electron chi connectivity index (χ4n) is 3.96. The number of likely N-dealkylation sites (N-methyl/N-ethyl adjacent to an activating group) is 2. The molecule has 1 amide bonds. The van der Waals surface area contributed by atoms with Gasteiger partial charge < -0.3 is 19.9 Å². The first kappa shape index (κ1) is 26.2. The third kappa shape index (κ3) is 7.26. The zero-order valence-electron chi connectivity index (χ0n) is 21.2. The predicted molar refractivity (Wildman–Crippen MR) is 141 cm³/mol. The molecule has 0 aliphatic carbocycles. The Morgan fingerprint density at radius 2 is 1.83 bits per heavy atom. The van der Waals surface area contributed by atoms with Gasteiger partial charge in [-0.05, 0) is 74.5 Å². The number of aromatic nitrogens is 1. The van der Waals surface area contributed by atoms with Crippen molar-refractivity contribution in [3.8, 4) is 16.9 Å². The lowest BCUT2D eigenvalue weighted by Crippen LogP contribution is -2.31. The maximum absolute atomic E-state index is 13.6. The van der Waals surface area contributed by atoms with Gasteiger partial charge in [0.25, 0.3) is 0 Å². The fraction of sp³-hybridized carbons (Fsp3) is 0.357. The third-order valence-electron chi connectivity index (χ3n) is 6.02. The molecular weight excluding hydrogens is 443 g/mol. The van der Waals surface area contributed by atoms with E-state index in [1.54, 1.807) is 24.4 Å². The number of rotatable bonds is 11. The van der Waals surface area contributed by atoms with Crippen molar-refractivity contribution in [3.05, 3.63) is 72.2 Å². The highest BCUT2D eigenvalue weighted by Gasteiger charge is 2.14. The molecular formula is C28H35FN4O2. The first-order valence-corrected chi connectivity index (χ1v) is 11.9. The molecule has 0 saturated heterocycles. The number of amides is 1. The van der Waals surface area contributed by atoms with Crippen LogP contribution in [0.3, 0.4) is 0 Å². The molecule has 0 aliphatic rings. The lowest BCUT2D eigenvalue weighted by molar-refractivity contribution is -0.116. The van der Waals surface area contributed by atoms with E-state index >= 15 is 0 Å². The van der Waals surface area contributed by atoms with Gasteiger partial charge in [-0.3, -0.25) is 4.79 Å². The number of carbonyl (C=O) groups is 1. The molecule has 35 heavy (non-hydrogen) atoms. The van der Waals surface area contributed by atoms with Crippen LogP contribution >= 0.6 is 0 Å². The second-order valence-electron chi connectivity index (χ2n) is 8.90. The summed E-state index contributed by atoms with van der Waals surface area (Å²) in [5.41, 5.74) is 3.81. The summed E-state index contributed by atoms with van der Waals surface area (Å²) in [6, 6.07) is 16.4. The second kappa shape index (κ2) is 12.3. The standard InChI is InChI=1S/C28H35FN4O2/c1-6-33(16-15-32(3)4)24-10-7-21(8-11-24)20(2)17-28(34)31-27-18-22(13-14-30-27)25-12-9-23(29)19-26(25)35-5/h7-14,18-20H,6,15-17H2,1-5H3,(H,30,31,34). The Hall–Kier alpha value is -3.45. The van der Waals surface area contributed by atoms with Crippen molar-refractivity contribution < 1.29 is 13.9 Å². The number of nitrogens with one attached hydrogen (secondary N) is 1. The molecule has 2 aromatic carbocycles. The van der Waals surface area contributed by atoms with Crippen LogP contribution in [0.15, 0.2) is 60.8 Å². The maximum atomic E-state index is 13.6. The first-order chi connectivity index (χ1) is 16.8. The van der Waals surface area contributed by atoms with Gasteiger partial charge in [0.1, 0.15) is 17.4 Å². The highest BCUT2D eigenvalue weighted by Crippen LogP contribution is 2.31. The zero-order valence-corrected chi connectivity index (χ0v) is 21.2. The Labute approximate surface area is 207 Å². The van der Waals surface area contributed by atoms with Crippen LogP contribution in [-0.2, 0) is 4.79 Å². The van der Waals surface area contributed by atoms with Gasteiger partial charge in [-0.25, -0.2) is 9.37 Å². The van der Waals surface area contributed by atoms with Crippen LogP contribution in [0, 0.1) is 5.82 Å². The SMILES string of the molecule is CCN(CCN(C)C)c1ccc(C(C)CC(=O)Nc2cc(-c3ccc(F)cc3OC)ccn2)cc1. The van der Waals surface area contributed by atoms with E-state index in [9.17, 15) is 9.18 Å². The van der Waals surface area contributed by atoms with Crippen molar-refractivity contribution in [2.24, 2.45) is 0 Å². The molecule has 0 bridgehead atoms. The van der Waals surface area contributed by atoms with Gasteiger partial charge in [0.15, 0.2) is 0 Å². The summed E-state index contributed by atoms with van der Waals surface area (Å²) in [6.45, 7) is 7.12. The summed E-state index contributed by atoms with van der Waals surface area (Å²) in [7, 11) is 5.66. The van der Waals surface area contributed by atoms with Gasteiger partial charge in [-0.15, -0.1) is 0 Å². The maximum Gasteiger partial charge on any atom is 0.226 e. The minimum absolute atomic E-state index is 0.0567. The molecule has 1 unspecified atom stereocenters. The van der Waals surface area contributed by atoms with Gasteiger partial charge in [0, 0.05) is 49.6 Å². The normalized spacial score (nSPS) is 11.9. The summed E-state index contributed by atoms with van der Waals surface area (Å²) >= 11 is 0. The number of anilines is 2. The van der Waals surface area contributed by atoms with Crippen LogP contribution in [0.4, 0.5) is 15.9 Å². The van der Waals surface area contributed by atoms with E-state index in [0.717, 1.165) is 36.3 Å². The molecule has 1 N–H and O–H groups in total. The van der Waals surface area contributed by atoms with Crippen molar-refractivity contribution >= 4 is 17.4 Å². The number of nitrogens with zero attached hydrogens (tertiary/aromatic N) is 3. The van der Waals surface area contributed by atoms with Crippen LogP contribution in [0.25, 0.3) is 11.1 Å². The van der Waals surface area contributed by atoms with Gasteiger partial charge >= 0.3 is 0 Å². The highest BCUT2D eigenvalue weighted by atomic mass is 19.1. The number of hydrogen-bond donors (Lipinski definition) is 1. The number of pyridine rings is 1. The molecule has 1 aromatic heterocycles. The molecule has 0 radical (unpaired) electrons. The van der Waals surface area contributed by atoms with E-state index in [1.165, 1.54) is 24.9 Å².